The molecule has 9 heteroatoms. The first-order valence-electron chi connectivity index (χ1n) is 13.5. The molecule has 1 saturated heterocycles. The second-order valence-corrected chi connectivity index (χ2v) is 10.8. The van der Waals surface area contributed by atoms with Crippen LogP contribution in [-0.4, -0.2) is 62.3 Å². The van der Waals surface area contributed by atoms with Gasteiger partial charge in [0.15, 0.2) is 0 Å². The van der Waals surface area contributed by atoms with Crippen molar-refractivity contribution < 1.29 is 14.3 Å². The molecule has 0 radical (unpaired) electrons. The zero-order chi connectivity index (χ0) is 27.3. The number of aryl methyl sites for hydroxylation is 3. The first kappa shape index (κ1) is 25.2. The van der Waals surface area contributed by atoms with E-state index in [1.165, 1.54) is 0 Å². The number of hydrogen-bond acceptors (Lipinski definition) is 5. The monoisotopic (exact) mass is 526 g/mol. The number of aromatic nitrogens is 4. The van der Waals surface area contributed by atoms with Crippen LogP contribution in [0, 0.1) is 6.92 Å². The summed E-state index contributed by atoms with van der Waals surface area (Å²) in [5, 5.41) is 7.85. The van der Waals surface area contributed by atoms with E-state index < -0.39 is 0 Å². The molecule has 0 unspecified atom stereocenters. The van der Waals surface area contributed by atoms with Crippen LogP contribution in [0.5, 0.6) is 6.01 Å². The molecule has 2 atom stereocenters. The lowest BCUT2D eigenvalue weighted by Gasteiger charge is -2.39. The van der Waals surface area contributed by atoms with E-state index in [-0.39, 0.29) is 23.8 Å². The lowest BCUT2D eigenvalue weighted by atomic mass is 9.85. The van der Waals surface area contributed by atoms with Crippen LogP contribution in [0.1, 0.15) is 68.8 Å². The van der Waals surface area contributed by atoms with Crippen LogP contribution >= 0.6 is 0 Å². The largest absolute Gasteiger partial charge is 0.468 e. The van der Waals surface area contributed by atoms with Gasteiger partial charge in [-0.1, -0.05) is 30.3 Å². The number of fused-ring (bicyclic) bond motifs is 1. The van der Waals surface area contributed by atoms with E-state index in [9.17, 15) is 9.59 Å². The summed E-state index contributed by atoms with van der Waals surface area (Å²) in [5.74, 6) is 0.311. The van der Waals surface area contributed by atoms with Crippen molar-refractivity contribution in [3.63, 3.8) is 0 Å². The number of methoxy groups -OCH3 is 1. The zero-order valence-corrected chi connectivity index (χ0v) is 22.8. The van der Waals surface area contributed by atoms with Crippen LogP contribution in [0.2, 0.25) is 0 Å². The Hall–Kier alpha value is -4.14. The van der Waals surface area contributed by atoms with E-state index in [1.807, 2.05) is 66.9 Å². The van der Waals surface area contributed by atoms with Gasteiger partial charge in [0.25, 0.3) is 17.8 Å². The highest BCUT2D eigenvalue weighted by Gasteiger charge is 2.35. The van der Waals surface area contributed by atoms with Crippen molar-refractivity contribution >= 4 is 22.8 Å². The fourth-order valence-corrected chi connectivity index (χ4v) is 5.79. The highest BCUT2D eigenvalue weighted by Crippen LogP contribution is 2.39. The van der Waals surface area contributed by atoms with Gasteiger partial charge in [-0.15, -0.1) is 0 Å². The number of rotatable bonds is 6. The number of amides is 2. The summed E-state index contributed by atoms with van der Waals surface area (Å²) in [6, 6.07) is 16.3. The summed E-state index contributed by atoms with van der Waals surface area (Å²) in [6.07, 6.45) is 2.94. The average molecular weight is 527 g/mol. The highest BCUT2D eigenvalue weighted by atomic mass is 16.5. The summed E-state index contributed by atoms with van der Waals surface area (Å²) < 4.78 is 8.93. The molecule has 1 saturated carbocycles. The molecular formula is C30H34N6O3. The van der Waals surface area contributed by atoms with E-state index in [0.717, 1.165) is 40.7 Å². The molecule has 202 valence electrons. The molecule has 1 aliphatic heterocycles. The van der Waals surface area contributed by atoms with Gasteiger partial charge in [0.2, 0.25) is 0 Å². The summed E-state index contributed by atoms with van der Waals surface area (Å²) >= 11 is 0. The van der Waals surface area contributed by atoms with E-state index in [2.05, 4.69) is 27.5 Å². The van der Waals surface area contributed by atoms with Crippen molar-refractivity contribution in [1.29, 1.82) is 0 Å². The topological polar surface area (TPSA) is 94.3 Å². The maximum Gasteiger partial charge on any atom is 0.296 e. The smallest absolute Gasteiger partial charge is 0.296 e. The minimum atomic E-state index is -0.117. The number of carbonyl (C=O) groups is 2. The number of nitrogens with zero attached hydrogens (tertiary/aromatic N) is 5. The lowest BCUT2D eigenvalue weighted by molar-refractivity contribution is 0.0671. The second kappa shape index (κ2) is 9.87. The predicted molar refractivity (Wildman–Crippen MR) is 148 cm³/mol. The Balaban J connectivity index is 1.25. The lowest BCUT2D eigenvalue weighted by Crippen LogP contribution is -2.51. The predicted octanol–water partition coefficient (Wildman–Crippen LogP) is 3.93. The number of piperidine rings is 1. The second-order valence-electron chi connectivity index (χ2n) is 10.8. The van der Waals surface area contributed by atoms with Crippen LogP contribution in [0.3, 0.4) is 0 Å². The van der Waals surface area contributed by atoms with E-state index in [4.69, 9.17) is 4.74 Å². The number of ether oxygens (including phenoxy) is 1. The molecule has 2 aromatic heterocycles. The Morgan fingerprint density at radius 3 is 2.54 bits per heavy atom. The van der Waals surface area contributed by atoms with Crippen molar-refractivity contribution in [1.82, 2.24) is 29.5 Å². The van der Waals surface area contributed by atoms with Crippen LogP contribution < -0.4 is 10.1 Å². The number of imidazole rings is 1. The van der Waals surface area contributed by atoms with Gasteiger partial charge in [0.05, 0.1) is 23.8 Å². The van der Waals surface area contributed by atoms with Crippen molar-refractivity contribution in [2.24, 2.45) is 14.1 Å². The number of hydrogen-bond donors (Lipinski definition) is 1. The first-order valence-corrected chi connectivity index (χ1v) is 13.5. The van der Waals surface area contributed by atoms with E-state index in [0.29, 0.717) is 42.7 Å². The maximum atomic E-state index is 13.8. The summed E-state index contributed by atoms with van der Waals surface area (Å²) in [6.45, 7) is 3.03. The SMILES string of the molecule is COc1nc2c(C)cc(C(=O)N3CC[C@@H](NC(=O)c4cc(C5CC5)nn4C)[C@@H](c4ccccc4)C3)cc2n1C. The standard InChI is InChI=1S/C30H34N6O3/c1-18-14-21(15-25-27(18)32-30(39-4)34(25)2)29(38)36-13-12-23(22(17-36)19-8-6-5-7-9-19)31-28(37)26-16-24(20-10-11-20)33-35(26)3/h5-9,14-16,20,22-23H,10-13,17H2,1-4H3,(H,31,37)/t22-,23-/m1/s1. The fraction of sp³-hybridized carbons (Fsp3) is 0.400. The number of benzene rings is 2. The van der Waals surface area contributed by atoms with Crippen molar-refractivity contribution in [3.8, 4) is 6.01 Å². The van der Waals surface area contributed by atoms with Crippen LogP contribution in [0.25, 0.3) is 11.0 Å². The third-order valence-electron chi connectivity index (χ3n) is 8.14. The molecule has 1 N–H and O–H groups in total. The summed E-state index contributed by atoms with van der Waals surface area (Å²) in [4.78, 5) is 33.6. The van der Waals surface area contributed by atoms with Gasteiger partial charge in [0.1, 0.15) is 5.69 Å². The summed E-state index contributed by atoms with van der Waals surface area (Å²) in [7, 11) is 5.31. The van der Waals surface area contributed by atoms with Crippen LogP contribution in [-0.2, 0) is 14.1 Å². The molecule has 2 amide bonds. The van der Waals surface area contributed by atoms with Gasteiger partial charge in [-0.2, -0.15) is 10.1 Å². The molecule has 2 aliphatic rings. The Kier molecular flexibility index (Phi) is 6.37. The van der Waals surface area contributed by atoms with E-state index in [1.54, 1.807) is 11.8 Å². The van der Waals surface area contributed by atoms with Crippen LogP contribution in [0.15, 0.2) is 48.5 Å². The van der Waals surface area contributed by atoms with Gasteiger partial charge in [-0.05, 0) is 55.5 Å². The van der Waals surface area contributed by atoms with Gasteiger partial charge >= 0.3 is 0 Å². The van der Waals surface area contributed by atoms with Crippen molar-refractivity contribution in [2.45, 2.75) is 44.1 Å². The third kappa shape index (κ3) is 4.66. The average Bonchev–Trinajstić information content (AvgIpc) is 3.65. The van der Waals surface area contributed by atoms with Crippen molar-refractivity contribution in [3.05, 3.63) is 76.6 Å². The molecule has 4 aromatic rings. The zero-order valence-electron chi connectivity index (χ0n) is 22.8. The summed E-state index contributed by atoms with van der Waals surface area (Å²) in [5.41, 5.74) is 5.93. The van der Waals surface area contributed by atoms with Gasteiger partial charge in [0, 0.05) is 50.6 Å². The number of nitrogens with one attached hydrogen (secondary N) is 1. The Labute approximate surface area is 227 Å². The van der Waals surface area contributed by atoms with Crippen molar-refractivity contribution in [2.75, 3.05) is 20.2 Å². The Bertz CT molecular complexity index is 1550. The molecule has 9 nitrogen and oxygen atoms in total. The highest BCUT2D eigenvalue weighted by molar-refractivity contribution is 5.98. The molecule has 0 bridgehead atoms. The number of likely N-dealkylation sites (tertiary alicyclic amines) is 1. The molecule has 2 aromatic carbocycles. The first-order chi connectivity index (χ1) is 18.8. The van der Waals surface area contributed by atoms with E-state index >= 15 is 0 Å². The minimum absolute atomic E-state index is 0.0217. The quantitative estimate of drug-likeness (QED) is 0.411. The minimum Gasteiger partial charge on any atom is -0.468 e. The molecule has 0 spiro atoms. The fourth-order valence-electron chi connectivity index (χ4n) is 5.79. The van der Waals surface area contributed by atoms with Gasteiger partial charge in [-0.3, -0.25) is 18.8 Å². The molecule has 1 aliphatic carbocycles. The van der Waals surface area contributed by atoms with Crippen LogP contribution in [0.4, 0.5) is 0 Å². The molecule has 2 fully saturated rings. The molecule has 6 rings (SSSR count). The molecular weight excluding hydrogens is 492 g/mol. The van der Waals surface area contributed by atoms with Gasteiger partial charge in [-0.25, -0.2) is 0 Å². The number of carbonyl (C=O) groups excluding carboxylic acids is 2. The molecule has 39 heavy (non-hydrogen) atoms. The normalized spacial score (nSPS) is 19.3. The maximum absolute atomic E-state index is 13.8. The Morgan fingerprint density at radius 1 is 1.05 bits per heavy atom. The third-order valence-corrected chi connectivity index (χ3v) is 8.14. The molecule has 3 heterocycles. The van der Waals surface area contributed by atoms with Gasteiger partial charge < -0.3 is 15.0 Å². The Morgan fingerprint density at radius 2 is 1.82 bits per heavy atom.